The molecular formula is C11H19N3O4. The van der Waals surface area contributed by atoms with Gasteiger partial charge in [-0.3, -0.25) is 9.59 Å². The maximum atomic E-state index is 11.6. The van der Waals surface area contributed by atoms with Crippen molar-refractivity contribution in [2.75, 3.05) is 26.2 Å². The van der Waals surface area contributed by atoms with Crippen molar-refractivity contribution in [2.45, 2.75) is 19.8 Å². The first-order valence-electron chi connectivity index (χ1n) is 5.98. The highest BCUT2D eigenvalue weighted by Crippen LogP contribution is 2.16. The number of piperidine rings is 1. The zero-order chi connectivity index (χ0) is 13.5. The Hall–Kier alpha value is -1.79. The third kappa shape index (κ3) is 5.03. The number of amides is 3. The molecule has 0 spiro atoms. The van der Waals surface area contributed by atoms with Crippen molar-refractivity contribution in [3.63, 3.8) is 0 Å². The highest BCUT2D eigenvalue weighted by atomic mass is 16.4. The maximum Gasteiger partial charge on any atom is 0.323 e. The molecule has 0 aromatic heterocycles. The number of aliphatic carboxylic acids is 1. The number of nitrogens with zero attached hydrogens (tertiary/aromatic N) is 1. The van der Waals surface area contributed by atoms with Gasteiger partial charge in [0.15, 0.2) is 0 Å². The van der Waals surface area contributed by atoms with Crippen LogP contribution in [0.2, 0.25) is 0 Å². The van der Waals surface area contributed by atoms with Gasteiger partial charge < -0.3 is 20.6 Å². The van der Waals surface area contributed by atoms with Crippen LogP contribution >= 0.6 is 0 Å². The number of hydrogen-bond donors (Lipinski definition) is 3. The maximum absolute atomic E-state index is 11.6. The lowest BCUT2D eigenvalue weighted by Crippen LogP contribution is -2.47. The molecule has 1 aliphatic heterocycles. The van der Waals surface area contributed by atoms with Crippen LogP contribution in [-0.4, -0.2) is 54.1 Å². The standard InChI is InChI=1S/C11H19N3O4/c1-8(15)12-6-9-2-4-14(5-3-9)11(18)13-7-10(16)17/h9H,2-7H2,1H3,(H,12,15)(H,13,18)(H,16,17). The fourth-order valence-electron chi connectivity index (χ4n) is 1.89. The van der Waals surface area contributed by atoms with Crippen LogP contribution in [0, 0.1) is 5.92 Å². The van der Waals surface area contributed by atoms with E-state index in [1.807, 2.05) is 0 Å². The van der Waals surface area contributed by atoms with Crippen LogP contribution < -0.4 is 10.6 Å². The second-order valence-electron chi connectivity index (χ2n) is 4.42. The lowest BCUT2D eigenvalue weighted by molar-refractivity contribution is -0.135. The molecule has 1 saturated heterocycles. The van der Waals surface area contributed by atoms with Crippen molar-refractivity contribution in [1.29, 1.82) is 0 Å². The number of carboxylic acids is 1. The van der Waals surface area contributed by atoms with Gasteiger partial charge in [-0.25, -0.2) is 4.79 Å². The summed E-state index contributed by atoms with van der Waals surface area (Å²) in [6, 6.07) is -0.338. The van der Waals surface area contributed by atoms with Gasteiger partial charge in [-0.05, 0) is 18.8 Å². The molecule has 1 rings (SSSR count). The van der Waals surface area contributed by atoms with Gasteiger partial charge in [-0.1, -0.05) is 0 Å². The third-order valence-corrected chi connectivity index (χ3v) is 2.93. The van der Waals surface area contributed by atoms with Gasteiger partial charge >= 0.3 is 12.0 Å². The summed E-state index contributed by atoms with van der Waals surface area (Å²) in [6.07, 6.45) is 1.64. The van der Waals surface area contributed by atoms with Crippen LogP contribution in [-0.2, 0) is 9.59 Å². The zero-order valence-corrected chi connectivity index (χ0v) is 10.4. The van der Waals surface area contributed by atoms with Crippen molar-refractivity contribution >= 4 is 17.9 Å². The first kappa shape index (κ1) is 14.3. The second kappa shape index (κ2) is 6.83. The highest BCUT2D eigenvalue weighted by Gasteiger charge is 2.22. The number of likely N-dealkylation sites (tertiary alicyclic amines) is 1. The molecule has 7 nitrogen and oxygen atoms in total. The summed E-state index contributed by atoms with van der Waals surface area (Å²) in [5.41, 5.74) is 0. The van der Waals surface area contributed by atoms with Crippen LogP contribution in [0.5, 0.6) is 0 Å². The van der Waals surface area contributed by atoms with Crippen LogP contribution in [0.4, 0.5) is 4.79 Å². The van der Waals surface area contributed by atoms with Crippen molar-refractivity contribution in [3.8, 4) is 0 Å². The van der Waals surface area contributed by atoms with Gasteiger partial charge in [-0.15, -0.1) is 0 Å². The van der Waals surface area contributed by atoms with Gasteiger partial charge in [0.25, 0.3) is 0 Å². The quantitative estimate of drug-likeness (QED) is 0.640. The molecule has 7 heteroatoms. The minimum Gasteiger partial charge on any atom is -0.480 e. The molecule has 0 aromatic carbocycles. The average molecular weight is 257 g/mol. The minimum atomic E-state index is -1.05. The highest BCUT2D eigenvalue weighted by molar-refractivity contribution is 5.80. The smallest absolute Gasteiger partial charge is 0.323 e. The van der Waals surface area contributed by atoms with E-state index in [-0.39, 0.29) is 18.5 Å². The van der Waals surface area contributed by atoms with Gasteiger partial charge in [0.05, 0.1) is 0 Å². The summed E-state index contributed by atoms with van der Waals surface area (Å²) in [4.78, 5) is 34.2. The van der Waals surface area contributed by atoms with Crippen LogP contribution in [0.1, 0.15) is 19.8 Å². The Morgan fingerprint density at radius 1 is 1.22 bits per heavy atom. The van der Waals surface area contributed by atoms with Crippen molar-refractivity contribution in [2.24, 2.45) is 5.92 Å². The number of carboxylic acid groups (broad SMARTS) is 1. The van der Waals surface area contributed by atoms with Gasteiger partial charge in [0.2, 0.25) is 5.91 Å². The topological polar surface area (TPSA) is 98.7 Å². The number of hydrogen-bond acceptors (Lipinski definition) is 3. The van der Waals surface area contributed by atoms with E-state index in [0.717, 1.165) is 12.8 Å². The van der Waals surface area contributed by atoms with E-state index in [9.17, 15) is 14.4 Å². The van der Waals surface area contributed by atoms with E-state index in [1.54, 1.807) is 4.90 Å². The number of nitrogens with one attached hydrogen (secondary N) is 2. The number of rotatable bonds is 4. The predicted octanol–water partition coefficient (Wildman–Crippen LogP) is -0.371. The molecule has 0 saturated carbocycles. The van der Waals surface area contributed by atoms with Crippen molar-refractivity contribution in [1.82, 2.24) is 15.5 Å². The molecule has 0 unspecified atom stereocenters. The Kier molecular flexibility index (Phi) is 5.41. The van der Waals surface area contributed by atoms with E-state index >= 15 is 0 Å². The molecule has 102 valence electrons. The monoisotopic (exact) mass is 257 g/mol. The number of urea groups is 1. The number of carbonyl (C=O) groups excluding carboxylic acids is 2. The summed E-state index contributed by atoms with van der Waals surface area (Å²) in [5, 5.41) is 13.5. The van der Waals surface area contributed by atoms with Crippen LogP contribution in [0.25, 0.3) is 0 Å². The fraction of sp³-hybridized carbons (Fsp3) is 0.727. The molecule has 0 radical (unpaired) electrons. The first-order valence-corrected chi connectivity index (χ1v) is 5.98. The summed E-state index contributed by atoms with van der Waals surface area (Å²) in [6.45, 7) is 2.95. The van der Waals surface area contributed by atoms with Crippen molar-refractivity contribution < 1.29 is 19.5 Å². The molecule has 0 aromatic rings. The zero-order valence-electron chi connectivity index (χ0n) is 10.4. The van der Waals surface area contributed by atoms with Gasteiger partial charge in [0, 0.05) is 26.6 Å². The Bertz CT molecular complexity index is 324. The third-order valence-electron chi connectivity index (χ3n) is 2.93. The van der Waals surface area contributed by atoms with Crippen molar-refractivity contribution in [3.05, 3.63) is 0 Å². The average Bonchev–Trinajstić information content (AvgIpc) is 2.34. The molecule has 3 N–H and O–H groups in total. The predicted molar refractivity (Wildman–Crippen MR) is 64.0 cm³/mol. The molecule has 3 amide bonds. The van der Waals surface area contributed by atoms with Crippen LogP contribution in [0.3, 0.4) is 0 Å². The molecule has 1 heterocycles. The Balaban J connectivity index is 2.24. The molecule has 0 bridgehead atoms. The van der Waals surface area contributed by atoms with E-state index in [1.165, 1.54) is 6.92 Å². The van der Waals surface area contributed by atoms with E-state index in [0.29, 0.717) is 25.6 Å². The Labute approximate surface area is 106 Å². The van der Waals surface area contributed by atoms with Gasteiger partial charge in [-0.2, -0.15) is 0 Å². The Morgan fingerprint density at radius 2 is 1.83 bits per heavy atom. The lowest BCUT2D eigenvalue weighted by Gasteiger charge is -2.31. The fourth-order valence-corrected chi connectivity index (χ4v) is 1.89. The molecule has 0 atom stereocenters. The second-order valence-corrected chi connectivity index (χ2v) is 4.42. The van der Waals surface area contributed by atoms with E-state index in [2.05, 4.69) is 10.6 Å². The molecule has 18 heavy (non-hydrogen) atoms. The summed E-state index contributed by atoms with van der Waals surface area (Å²) < 4.78 is 0. The number of carbonyl (C=O) groups is 3. The minimum absolute atomic E-state index is 0.0448. The van der Waals surface area contributed by atoms with E-state index < -0.39 is 5.97 Å². The normalized spacial score (nSPS) is 16.2. The largest absolute Gasteiger partial charge is 0.480 e. The molecular weight excluding hydrogens is 238 g/mol. The summed E-state index contributed by atoms with van der Waals surface area (Å²) >= 11 is 0. The van der Waals surface area contributed by atoms with E-state index in [4.69, 9.17) is 5.11 Å². The van der Waals surface area contributed by atoms with Gasteiger partial charge in [0.1, 0.15) is 6.54 Å². The SMILES string of the molecule is CC(=O)NCC1CCN(C(=O)NCC(=O)O)CC1. The first-order chi connectivity index (χ1) is 8.49. The Morgan fingerprint density at radius 3 is 2.33 bits per heavy atom. The molecule has 1 fully saturated rings. The summed E-state index contributed by atoms with van der Waals surface area (Å²) in [7, 11) is 0. The lowest BCUT2D eigenvalue weighted by atomic mass is 9.97. The summed E-state index contributed by atoms with van der Waals surface area (Å²) in [5.74, 6) is -0.710. The molecule has 1 aliphatic rings. The van der Waals surface area contributed by atoms with Crippen LogP contribution in [0.15, 0.2) is 0 Å². The molecule has 0 aliphatic carbocycles.